The van der Waals surface area contributed by atoms with Gasteiger partial charge in [-0.25, -0.2) is 26.3 Å². The zero-order valence-electron chi connectivity index (χ0n) is 23.1. The molecule has 0 amide bonds. The molecule has 5 aromatic rings. The second-order valence-corrected chi connectivity index (χ2v) is 9.27. The Balaban J connectivity index is 0.00000207. The number of hydrogen-bond acceptors (Lipinski definition) is 1. The van der Waals surface area contributed by atoms with E-state index < -0.39 is 52.3 Å². The molecule has 0 unspecified atom stereocenters. The molecule has 0 aliphatic carbocycles. The lowest BCUT2D eigenvalue weighted by atomic mass is 9.96. The van der Waals surface area contributed by atoms with Gasteiger partial charge in [-0.3, -0.25) is 0 Å². The number of benzene rings is 5. The maximum atomic E-state index is 15.1. The number of halogens is 8. The molecule has 0 radical (unpaired) electrons. The molecular formula is C34H24F8O. The number of ether oxygens (including phenoxy) is 1. The van der Waals surface area contributed by atoms with Gasteiger partial charge in [0.1, 0.15) is 28.8 Å². The zero-order valence-corrected chi connectivity index (χ0v) is 23.1. The zero-order chi connectivity index (χ0) is 31.5. The van der Waals surface area contributed by atoms with Crippen molar-refractivity contribution >= 4 is 0 Å². The summed E-state index contributed by atoms with van der Waals surface area (Å²) >= 11 is 0. The van der Waals surface area contributed by atoms with Gasteiger partial charge in [0.25, 0.3) is 0 Å². The summed E-state index contributed by atoms with van der Waals surface area (Å²) < 4.78 is 118. The average molecular weight is 601 g/mol. The van der Waals surface area contributed by atoms with E-state index in [4.69, 9.17) is 0 Å². The lowest BCUT2D eigenvalue weighted by Crippen LogP contribution is -2.25. The molecule has 0 atom stereocenters. The van der Waals surface area contributed by atoms with Crippen molar-refractivity contribution in [3.63, 3.8) is 0 Å². The fourth-order valence-corrected chi connectivity index (χ4v) is 4.33. The number of alkyl halides is 2. The van der Waals surface area contributed by atoms with Gasteiger partial charge in [0.2, 0.25) is 0 Å². The lowest BCUT2D eigenvalue weighted by Gasteiger charge is -2.20. The van der Waals surface area contributed by atoms with Crippen LogP contribution in [0.3, 0.4) is 0 Å². The monoisotopic (exact) mass is 600 g/mol. The third kappa shape index (κ3) is 6.71. The van der Waals surface area contributed by atoms with E-state index in [2.05, 4.69) is 4.74 Å². The molecule has 0 fully saturated rings. The van der Waals surface area contributed by atoms with Crippen molar-refractivity contribution in [1.29, 1.82) is 0 Å². The summed E-state index contributed by atoms with van der Waals surface area (Å²) in [4.78, 5) is 0. The fraction of sp³-hybridized carbons (Fsp3) is 0.118. The van der Waals surface area contributed by atoms with Gasteiger partial charge in [0.15, 0.2) is 17.5 Å². The molecule has 0 aliphatic rings. The third-order valence-corrected chi connectivity index (χ3v) is 6.42. The minimum atomic E-state index is -4.75. The van der Waals surface area contributed by atoms with Crippen LogP contribution in [0.5, 0.6) is 5.75 Å². The molecule has 1 nitrogen and oxygen atoms in total. The first kappa shape index (κ1) is 31.3. The molecule has 0 heterocycles. The van der Waals surface area contributed by atoms with Crippen LogP contribution < -0.4 is 4.74 Å². The minimum Gasteiger partial charge on any atom is -0.429 e. The fourth-order valence-electron chi connectivity index (χ4n) is 4.33. The van der Waals surface area contributed by atoms with Gasteiger partial charge in [0, 0.05) is 17.7 Å². The maximum Gasteiger partial charge on any atom is 0.432 e. The van der Waals surface area contributed by atoms with Crippen molar-refractivity contribution < 1.29 is 39.9 Å². The molecule has 0 saturated carbocycles. The highest BCUT2D eigenvalue weighted by Gasteiger charge is 2.41. The van der Waals surface area contributed by atoms with Crippen LogP contribution in [-0.4, -0.2) is 0 Å². The van der Waals surface area contributed by atoms with Crippen LogP contribution in [0.25, 0.3) is 33.4 Å². The van der Waals surface area contributed by atoms with Crippen molar-refractivity contribution in [1.82, 2.24) is 0 Å². The SMILES string of the molecule is CC.Cc1ccc(-c2ccc(-c3ccc(-c4cc(F)c(C(F)(F)Oc5cc(F)c(F)c(F)c5)c(F)c4)c(F)c3)cc2)cc1. The van der Waals surface area contributed by atoms with Crippen LogP contribution in [-0.2, 0) is 6.11 Å². The minimum absolute atomic E-state index is 0.101. The number of hydrogen-bond donors (Lipinski definition) is 0. The summed E-state index contributed by atoms with van der Waals surface area (Å²) in [6, 6.07) is 20.3. The Labute approximate surface area is 243 Å². The Morgan fingerprint density at radius 3 is 1.40 bits per heavy atom. The van der Waals surface area contributed by atoms with Crippen molar-refractivity contribution in [3.8, 4) is 39.1 Å². The number of aryl methyl sites for hydroxylation is 1. The molecule has 5 rings (SSSR count). The normalized spacial score (nSPS) is 11.1. The predicted octanol–water partition coefficient (Wildman–Crippen LogP) is 11.0. The Bertz CT molecular complexity index is 1700. The van der Waals surface area contributed by atoms with Gasteiger partial charge in [-0.2, -0.15) is 8.78 Å². The Hall–Kier alpha value is -4.66. The average Bonchev–Trinajstić information content (AvgIpc) is 2.96. The highest BCUT2D eigenvalue weighted by Crippen LogP contribution is 2.38. The first-order valence-corrected chi connectivity index (χ1v) is 13.1. The molecule has 0 bridgehead atoms. The van der Waals surface area contributed by atoms with Crippen molar-refractivity contribution in [3.05, 3.63) is 137 Å². The second-order valence-electron chi connectivity index (χ2n) is 9.27. The molecule has 9 heteroatoms. The van der Waals surface area contributed by atoms with E-state index in [1.807, 2.05) is 57.2 Å². The van der Waals surface area contributed by atoms with E-state index in [1.54, 1.807) is 12.1 Å². The Kier molecular flexibility index (Phi) is 9.23. The van der Waals surface area contributed by atoms with Crippen LogP contribution in [0.15, 0.2) is 91.0 Å². The summed E-state index contributed by atoms with van der Waals surface area (Å²) in [6.45, 7) is 5.98. The molecule has 0 aliphatic heterocycles. The van der Waals surface area contributed by atoms with Gasteiger partial charge in [-0.1, -0.05) is 80.1 Å². The first-order valence-electron chi connectivity index (χ1n) is 13.1. The predicted molar refractivity (Wildman–Crippen MR) is 150 cm³/mol. The van der Waals surface area contributed by atoms with Gasteiger partial charge in [-0.15, -0.1) is 0 Å². The van der Waals surface area contributed by atoms with Crippen molar-refractivity contribution in [2.45, 2.75) is 26.9 Å². The van der Waals surface area contributed by atoms with E-state index in [-0.39, 0.29) is 23.3 Å². The van der Waals surface area contributed by atoms with Crippen LogP contribution in [0.1, 0.15) is 25.0 Å². The van der Waals surface area contributed by atoms with Crippen LogP contribution in [0, 0.1) is 41.8 Å². The summed E-state index contributed by atoms with van der Waals surface area (Å²) in [5.41, 5.74) is 1.70. The van der Waals surface area contributed by atoms with Crippen molar-refractivity contribution in [2.24, 2.45) is 0 Å². The van der Waals surface area contributed by atoms with Gasteiger partial charge in [0.05, 0.1) is 0 Å². The Morgan fingerprint density at radius 1 is 0.488 bits per heavy atom. The lowest BCUT2D eigenvalue weighted by molar-refractivity contribution is -0.189. The van der Waals surface area contributed by atoms with Gasteiger partial charge < -0.3 is 4.74 Å². The smallest absolute Gasteiger partial charge is 0.429 e. The summed E-state index contributed by atoms with van der Waals surface area (Å²) in [5, 5.41) is 0. The molecule has 0 N–H and O–H groups in total. The van der Waals surface area contributed by atoms with E-state index in [0.717, 1.165) is 22.8 Å². The molecule has 222 valence electrons. The molecule has 0 spiro atoms. The second kappa shape index (κ2) is 12.7. The van der Waals surface area contributed by atoms with Crippen molar-refractivity contribution in [2.75, 3.05) is 0 Å². The van der Waals surface area contributed by atoms with E-state index in [0.29, 0.717) is 23.3 Å². The van der Waals surface area contributed by atoms with Gasteiger partial charge >= 0.3 is 6.11 Å². The quantitative estimate of drug-likeness (QED) is 0.139. The topological polar surface area (TPSA) is 9.23 Å². The molecule has 0 aromatic heterocycles. The molecule has 0 saturated heterocycles. The molecule has 5 aromatic carbocycles. The van der Waals surface area contributed by atoms with E-state index >= 15 is 4.39 Å². The first-order chi connectivity index (χ1) is 20.4. The molecule has 43 heavy (non-hydrogen) atoms. The summed E-state index contributed by atoms with van der Waals surface area (Å²) in [6.07, 6.45) is -4.75. The van der Waals surface area contributed by atoms with Crippen LogP contribution in [0.2, 0.25) is 0 Å². The Morgan fingerprint density at radius 2 is 0.907 bits per heavy atom. The van der Waals surface area contributed by atoms with Crippen LogP contribution >= 0.6 is 0 Å². The van der Waals surface area contributed by atoms with Gasteiger partial charge in [-0.05, 0) is 52.9 Å². The third-order valence-electron chi connectivity index (χ3n) is 6.42. The van der Waals surface area contributed by atoms with E-state index in [9.17, 15) is 30.7 Å². The summed E-state index contributed by atoms with van der Waals surface area (Å²) in [7, 11) is 0. The maximum absolute atomic E-state index is 15.1. The highest BCUT2D eigenvalue weighted by atomic mass is 19.3. The largest absolute Gasteiger partial charge is 0.432 e. The molecular weight excluding hydrogens is 576 g/mol. The number of rotatable bonds is 6. The standard InChI is InChI=1S/C32H18F8O.C2H6/c1-17-2-4-18(5-3-17)19-6-8-20(9-7-19)21-10-11-24(25(33)12-21)22-13-26(34)30(27(35)14-22)32(39,40)41-23-15-28(36)31(38)29(37)16-23;1-2/h2-16H,1H3;1-2H3. The summed E-state index contributed by atoms with van der Waals surface area (Å²) in [5.74, 6) is -11.3. The highest BCUT2D eigenvalue weighted by molar-refractivity contribution is 5.74. The van der Waals surface area contributed by atoms with E-state index in [1.165, 1.54) is 12.1 Å². The van der Waals surface area contributed by atoms with Crippen LogP contribution in [0.4, 0.5) is 35.1 Å².